The molecule has 2 aliphatic rings. The third-order valence-electron chi connectivity index (χ3n) is 22.7. The molecule has 98 heavy (non-hydrogen) atoms. The summed E-state index contributed by atoms with van der Waals surface area (Å²) in [6, 6.07) is 51.2. The van der Waals surface area contributed by atoms with Gasteiger partial charge in [0.2, 0.25) is 0 Å². The zero-order valence-electron chi connectivity index (χ0n) is 61.0. The lowest BCUT2D eigenvalue weighted by Crippen LogP contribution is -2.30. The number of hydrogen-bond acceptors (Lipinski definition) is 4. The van der Waals surface area contributed by atoms with Crippen LogP contribution < -0.4 is 0 Å². The molecule has 4 aromatic heterocycles. The van der Waals surface area contributed by atoms with Gasteiger partial charge in [-0.25, -0.2) is 0 Å². The fourth-order valence-corrected chi connectivity index (χ4v) is 23.9. The van der Waals surface area contributed by atoms with Crippen LogP contribution in [0.25, 0.3) is 39.7 Å². The van der Waals surface area contributed by atoms with Gasteiger partial charge in [-0.2, -0.15) is 0 Å². The Balaban J connectivity index is 0.977. The standard InChI is InChI=1S/C92H120Br2S4/c1-5-9-13-17-21-25-29-33-37-41-45-69-49-57-73(58-50-69)91(74-59-51-70(52-60-74)46-42-38-34-30-26-22-18-14-10-6-2)79-65-78-80(66-77(79)87-85(91)89-81(95-87)67-83(93)97-89)92(86-88(78)96-82-68-84(94)98-90(82)86,75-61-53-71(54-62-75)47-43-39-35-31-27-23-19-15-11-7-3)76-63-55-72(56-64-76)48-44-40-36-32-28-24-20-16-12-8-4/h49-68H,5-48H2,1-4H3. The normalized spacial score (nSPS) is 13.5. The maximum absolute atomic E-state index is 4.08. The van der Waals surface area contributed by atoms with E-state index in [0.717, 1.165) is 25.7 Å². The van der Waals surface area contributed by atoms with Gasteiger partial charge in [0.25, 0.3) is 0 Å². The Bertz CT molecular complexity index is 3410. The molecule has 0 spiro atoms. The van der Waals surface area contributed by atoms with Gasteiger partial charge in [-0.1, -0.05) is 356 Å². The van der Waals surface area contributed by atoms with E-state index in [9.17, 15) is 0 Å². The fraction of sp³-hybridized carbons (Fsp3) is 0.543. The van der Waals surface area contributed by atoms with Crippen LogP contribution in [0.1, 0.15) is 351 Å². The molecule has 0 radical (unpaired) electrons. The first-order chi connectivity index (χ1) is 48.3. The van der Waals surface area contributed by atoms with Crippen molar-refractivity contribution in [1.82, 2.24) is 0 Å². The summed E-state index contributed by atoms with van der Waals surface area (Å²) < 4.78 is 8.08. The first-order valence-corrected chi connectivity index (χ1v) is 45.2. The Morgan fingerprint density at radius 2 is 0.469 bits per heavy atom. The van der Waals surface area contributed by atoms with Crippen LogP contribution in [0, 0.1) is 0 Å². The van der Waals surface area contributed by atoms with Crippen molar-refractivity contribution in [3.8, 4) is 20.9 Å². The molecule has 0 saturated heterocycles. The van der Waals surface area contributed by atoms with Gasteiger partial charge in [0, 0.05) is 30.3 Å². The minimum atomic E-state index is -0.525. The number of fused-ring (bicyclic) bond motifs is 10. The second kappa shape index (κ2) is 39.3. The Morgan fingerprint density at radius 3 is 0.694 bits per heavy atom. The summed E-state index contributed by atoms with van der Waals surface area (Å²) in [7, 11) is 0. The summed E-state index contributed by atoms with van der Waals surface area (Å²) in [5.74, 6) is 0. The average Bonchev–Trinajstić information content (AvgIpc) is 1.50. The van der Waals surface area contributed by atoms with Gasteiger partial charge in [-0.15, -0.1) is 45.3 Å². The molecule has 4 heterocycles. The molecule has 6 heteroatoms. The molecule has 0 nitrogen and oxygen atoms in total. The smallest absolute Gasteiger partial charge is 0.0736 e. The lowest BCUT2D eigenvalue weighted by molar-refractivity contribution is 0.556. The predicted molar refractivity (Wildman–Crippen MR) is 445 cm³/mol. The third-order valence-corrected chi connectivity index (χ3v) is 28.6. The molecule has 0 fully saturated rings. The van der Waals surface area contributed by atoms with Crippen LogP contribution in [0.2, 0.25) is 0 Å². The van der Waals surface area contributed by atoms with Crippen molar-refractivity contribution in [2.24, 2.45) is 0 Å². The summed E-state index contributed by atoms with van der Waals surface area (Å²) in [5.41, 5.74) is 19.2. The van der Waals surface area contributed by atoms with Gasteiger partial charge in [0.1, 0.15) is 0 Å². The quantitative estimate of drug-likeness (QED) is 0.0334. The number of hydrogen-bond donors (Lipinski definition) is 0. The van der Waals surface area contributed by atoms with Crippen molar-refractivity contribution in [3.05, 3.63) is 196 Å². The maximum atomic E-state index is 4.08. The molecule has 0 bridgehead atoms. The number of benzene rings is 5. The molecule has 11 rings (SSSR count). The molecular weight excluding hydrogens is 1390 g/mol. The van der Waals surface area contributed by atoms with Crippen LogP contribution in [0.15, 0.2) is 129 Å². The van der Waals surface area contributed by atoms with Gasteiger partial charge < -0.3 is 0 Å². The minimum absolute atomic E-state index is 0.525. The van der Waals surface area contributed by atoms with E-state index in [2.05, 4.69) is 181 Å². The predicted octanol–water partition coefficient (Wildman–Crippen LogP) is 32.3. The Morgan fingerprint density at radius 1 is 0.255 bits per heavy atom. The van der Waals surface area contributed by atoms with E-state index in [1.165, 1.54) is 371 Å². The Labute approximate surface area is 628 Å². The second-order valence-corrected chi connectivity index (χ2v) is 37.0. The average molecular weight is 1510 g/mol. The minimum Gasteiger partial charge on any atom is -0.134 e. The fourth-order valence-electron chi connectivity index (χ4n) is 17.1. The van der Waals surface area contributed by atoms with E-state index < -0.39 is 10.8 Å². The van der Waals surface area contributed by atoms with E-state index >= 15 is 0 Å². The van der Waals surface area contributed by atoms with Crippen LogP contribution in [-0.4, -0.2) is 0 Å². The van der Waals surface area contributed by atoms with E-state index in [1.807, 2.05) is 45.3 Å². The zero-order valence-corrected chi connectivity index (χ0v) is 67.5. The third kappa shape index (κ3) is 18.5. The Kier molecular flexibility index (Phi) is 30.3. The van der Waals surface area contributed by atoms with Gasteiger partial charge >= 0.3 is 0 Å². The molecule has 5 aromatic carbocycles. The molecule has 0 N–H and O–H groups in total. The number of halogens is 2. The SMILES string of the molecule is CCCCCCCCCCCCc1ccc(C2(c3ccc(CCCCCCCCCCCC)cc3)c3cc4c(cc3-c3sc5cc(Br)sc5c32)C(c2ccc(CCCCCCCCCCCC)cc2)(c2ccc(CCCCCCCCCCCC)cc2)c2c-4sc3cc(Br)sc23)cc1. The van der Waals surface area contributed by atoms with Crippen LogP contribution in [0.4, 0.5) is 0 Å². The highest BCUT2D eigenvalue weighted by atomic mass is 79.9. The van der Waals surface area contributed by atoms with Gasteiger partial charge in [-0.3, -0.25) is 0 Å². The molecule has 0 atom stereocenters. The molecule has 526 valence electrons. The highest BCUT2D eigenvalue weighted by Gasteiger charge is 2.54. The first kappa shape index (κ1) is 75.5. The molecule has 0 unspecified atom stereocenters. The van der Waals surface area contributed by atoms with Crippen LogP contribution in [0.3, 0.4) is 0 Å². The molecule has 0 saturated carbocycles. The lowest BCUT2D eigenvalue weighted by atomic mass is 9.65. The number of rotatable bonds is 48. The van der Waals surface area contributed by atoms with Gasteiger partial charge in [0.15, 0.2) is 0 Å². The number of unbranched alkanes of at least 4 members (excludes halogenated alkanes) is 36. The molecule has 0 amide bonds. The monoisotopic (exact) mass is 1510 g/mol. The summed E-state index contributed by atoms with van der Waals surface area (Å²) >= 11 is 16.1. The summed E-state index contributed by atoms with van der Waals surface area (Å²) in [4.78, 5) is 2.90. The van der Waals surface area contributed by atoms with Crippen molar-refractivity contribution in [2.75, 3.05) is 0 Å². The van der Waals surface area contributed by atoms with Crippen molar-refractivity contribution in [3.63, 3.8) is 0 Å². The molecule has 9 aromatic rings. The summed E-state index contributed by atoms with van der Waals surface area (Å²) in [5, 5.41) is 0. The van der Waals surface area contributed by atoms with Crippen molar-refractivity contribution in [1.29, 1.82) is 0 Å². The molecule has 2 aliphatic carbocycles. The first-order valence-electron chi connectivity index (χ1n) is 40.3. The van der Waals surface area contributed by atoms with Crippen molar-refractivity contribution >= 4 is 96.0 Å². The van der Waals surface area contributed by atoms with E-state index in [1.54, 1.807) is 0 Å². The van der Waals surface area contributed by atoms with Crippen molar-refractivity contribution < 1.29 is 0 Å². The lowest BCUT2D eigenvalue weighted by Gasteiger charge is -2.36. The highest BCUT2D eigenvalue weighted by molar-refractivity contribution is 9.11. The molecule has 0 aliphatic heterocycles. The second-order valence-electron chi connectivity index (χ2n) is 30.1. The van der Waals surface area contributed by atoms with Crippen LogP contribution >= 0.6 is 77.2 Å². The topological polar surface area (TPSA) is 0 Å². The maximum Gasteiger partial charge on any atom is 0.0736 e. The van der Waals surface area contributed by atoms with Gasteiger partial charge in [-0.05, 0) is 174 Å². The van der Waals surface area contributed by atoms with Crippen LogP contribution in [-0.2, 0) is 36.5 Å². The van der Waals surface area contributed by atoms with Crippen LogP contribution in [0.5, 0.6) is 0 Å². The highest BCUT2D eigenvalue weighted by Crippen LogP contribution is 2.68. The molecular formula is C92H120Br2S4. The van der Waals surface area contributed by atoms with Gasteiger partial charge in [0.05, 0.1) is 27.8 Å². The van der Waals surface area contributed by atoms with E-state index in [-0.39, 0.29) is 0 Å². The summed E-state index contributed by atoms with van der Waals surface area (Å²) in [6.45, 7) is 9.29. The Hall–Kier alpha value is -3.62. The van der Waals surface area contributed by atoms with E-state index in [4.69, 9.17) is 0 Å². The largest absolute Gasteiger partial charge is 0.134 e. The van der Waals surface area contributed by atoms with E-state index in [0.29, 0.717) is 0 Å². The number of aryl methyl sites for hydroxylation is 4. The summed E-state index contributed by atoms with van der Waals surface area (Å²) in [6.07, 6.45) is 59.2. The zero-order chi connectivity index (χ0) is 67.8. The van der Waals surface area contributed by atoms with Crippen molar-refractivity contribution in [2.45, 2.75) is 321 Å². The number of thiophene rings is 4.